The van der Waals surface area contributed by atoms with Crippen molar-refractivity contribution in [2.75, 3.05) is 19.7 Å². The minimum absolute atomic E-state index is 0.0348. The molecule has 0 spiro atoms. The molecule has 1 aliphatic heterocycles. The van der Waals surface area contributed by atoms with E-state index in [-0.39, 0.29) is 19.1 Å². The van der Waals surface area contributed by atoms with Crippen LogP contribution in [0.15, 0.2) is 0 Å². The lowest BCUT2D eigenvalue weighted by molar-refractivity contribution is -0.186. The molecule has 0 aromatic carbocycles. The van der Waals surface area contributed by atoms with E-state index in [0.29, 0.717) is 30.9 Å². The Morgan fingerprint density at radius 2 is 2.05 bits per heavy atom. The molecule has 0 aromatic heterocycles. The van der Waals surface area contributed by atoms with Crippen molar-refractivity contribution in [2.45, 2.75) is 51.4 Å². The first kappa shape index (κ1) is 17.7. The van der Waals surface area contributed by atoms with Gasteiger partial charge in [0, 0.05) is 19.7 Å². The zero-order valence-electron chi connectivity index (χ0n) is 12.2. The van der Waals surface area contributed by atoms with Gasteiger partial charge in [-0.1, -0.05) is 0 Å². The SMILES string of the molecule is CC(C)OCCCNC(=O)C1CCCN1C(=O)C(F)(F)F. The molecule has 1 unspecified atom stereocenters. The summed E-state index contributed by atoms with van der Waals surface area (Å²) in [4.78, 5) is 23.7. The van der Waals surface area contributed by atoms with Crippen LogP contribution in [0.5, 0.6) is 0 Å². The molecule has 21 heavy (non-hydrogen) atoms. The van der Waals surface area contributed by atoms with E-state index in [1.807, 2.05) is 13.8 Å². The van der Waals surface area contributed by atoms with Crippen molar-refractivity contribution in [1.82, 2.24) is 10.2 Å². The minimum Gasteiger partial charge on any atom is -0.379 e. The van der Waals surface area contributed by atoms with E-state index in [1.165, 1.54) is 0 Å². The largest absolute Gasteiger partial charge is 0.471 e. The van der Waals surface area contributed by atoms with Gasteiger partial charge in [0.15, 0.2) is 0 Å². The van der Waals surface area contributed by atoms with Gasteiger partial charge in [-0.05, 0) is 33.1 Å². The Morgan fingerprint density at radius 1 is 1.38 bits per heavy atom. The van der Waals surface area contributed by atoms with E-state index >= 15 is 0 Å². The van der Waals surface area contributed by atoms with Gasteiger partial charge < -0.3 is 15.0 Å². The van der Waals surface area contributed by atoms with Gasteiger partial charge >= 0.3 is 12.1 Å². The quantitative estimate of drug-likeness (QED) is 0.756. The van der Waals surface area contributed by atoms with Gasteiger partial charge in [0.2, 0.25) is 5.91 Å². The van der Waals surface area contributed by atoms with Crippen molar-refractivity contribution < 1.29 is 27.5 Å². The number of nitrogens with zero attached hydrogens (tertiary/aromatic N) is 1. The molecule has 0 aromatic rings. The van der Waals surface area contributed by atoms with Crippen molar-refractivity contribution in [2.24, 2.45) is 0 Å². The highest BCUT2D eigenvalue weighted by atomic mass is 19.4. The standard InChI is InChI=1S/C13H21F3N2O3/c1-9(2)21-8-4-6-17-11(19)10-5-3-7-18(10)12(20)13(14,15)16/h9-10H,3-8H2,1-2H3,(H,17,19). The lowest BCUT2D eigenvalue weighted by atomic mass is 10.2. The zero-order valence-corrected chi connectivity index (χ0v) is 12.2. The second-order valence-electron chi connectivity index (χ2n) is 5.22. The number of nitrogens with one attached hydrogen (secondary N) is 1. The summed E-state index contributed by atoms with van der Waals surface area (Å²) in [5.74, 6) is -2.47. The van der Waals surface area contributed by atoms with Gasteiger partial charge in [-0.15, -0.1) is 0 Å². The Hall–Kier alpha value is -1.31. The van der Waals surface area contributed by atoms with E-state index in [9.17, 15) is 22.8 Å². The summed E-state index contributed by atoms with van der Waals surface area (Å²) in [5, 5.41) is 2.55. The zero-order chi connectivity index (χ0) is 16.0. The monoisotopic (exact) mass is 310 g/mol. The molecule has 5 nitrogen and oxygen atoms in total. The maximum Gasteiger partial charge on any atom is 0.471 e. The van der Waals surface area contributed by atoms with E-state index in [0.717, 1.165) is 0 Å². The first-order valence-electron chi connectivity index (χ1n) is 7.00. The molecule has 0 saturated carbocycles. The maximum absolute atomic E-state index is 12.4. The molecule has 1 fully saturated rings. The van der Waals surface area contributed by atoms with Gasteiger partial charge in [0.25, 0.3) is 0 Å². The van der Waals surface area contributed by atoms with Crippen molar-refractivity contribution >= 4 is 11.8 Å². The Kier molecular flexibility index (Phi) is 6.44. The van der Waals surface area contributed by atoms with Gasteiger partial charge in [-0.2, -0.15) is 13.2 Å². The number of ether oxygens (including phenoxy) is 1. The summed E-state index contributed by atoms with van der Waals surface area (Å²) >= 11 is 0. The van der Waals surface area contributed by atoms with Crippen LogP contribution in [0, 0.1) is 0 Å². The van der Waals surface area contributed by atoms with Gasteiger partial charge in [0.05, 0.1) is 6.10 Å². The predicted octanol–water partition coefficient (Wildman–Crippen LogP) is 1.47. The molecule has 122 valence electrons. The summed E-state index contributed by atoms with van der Waals surface area (Å²) < 4.78 is 42.6. The Labute approximate surface area is 121 Å². The minimum atomic E-state index is -4.94. The van der Waals surface area contributed by atoms with Crippen molar-refractivity contribution in [3.8, 4) is 0 Å². The van der Waals surface area contributed by atoms with Crippen LogP contribution in [0.3, 0.4) is 0 Å². The Balaban J connectivity index is 2.40. The number of alkyl halides is 3. The fourth-order valence-corrected chi connectivity index (χ4v) is 2.17. The first-order valence-corrected chi connectivity index (χ1v) is 7.00. The van der Waals surface area contributed by atoms with Crippen LogP contribution in [0.2, 0.25) is 0 Å². The number of amides is 2. The fourth-order valence-electron chi connectivity index (χ4n) is 2.17. The molecule has 0 bridgehead atoms. The third-order valence-electron chi connectivity index (χ3n) is 3.13. The van der Waals surface area contributed by atoms with Crippen LogP contribution in [0.1, 0.15) is 33.1 Å². The number of hydrogen-bond acceptors (Lipinski definition) is 3. The van der Waals surface area contributed by atoms with Crippen molar-refractivity contribution in [3.05, 3.63) is 0 Å². The van der Waals surface area contributed by atoms with E-state index in [2.05, 4.69) is 5.32 Å². The molecule has 1 atom stereocenters. The molecule has 1 N–H and O–H groups in total. The molecule has 1 rings (SSSR count). The molecule has 0 radical (unpaired) electrons. The third-order valence-corrected chi connectivity index (χ3v) is 3.13. The molecule has 1 heterocycles. The fraction of sp³-hybridized carbons (Fsp3) is 0.846. The van der Waals surface area contributed by atoms with Gasteiger partial charge in [-0.25, -0.2) is 0 Å². The summed E-state index contributed by atoms with van der Waals surface area (Å²) in [6.45, 7) is 4.52. The van der Waals surface area contributed by atoms with Crippen LogP contribution >= 0.6 is 0 Å². The number of likely N-dealkylation sites (tertiary alicyclic amines) is 1. The summed E-state index contributed by atoms with van der Waals surface area (Å²) in [6.07, 6.45) is -3.61. The van der Waals surface area contributed by atoms with E-state index < -0.39 is 24.0 Å². The molecule has 1 aliphatic rings. The molecule has 8 heteroatoms. The number of hydrogen-bond donors (Lipinski definition) is 1. The predicted molar refractivity (Wildman–Crippen MR) is 69.5 cm³/mol. The van der Waals surface area contributed by atoms with Crippen LogP contribution < -0.4 is 5.32 Å². The third kappa shape index (κ3) is 5.53. The number of carbonyl (C=O) groups excluding carboxylic acids is 2. The summed E-state index contributed by atoms with van der Waals surface area (Å²) in [7, 11) is 0. The van der Waals surface area contributed by atoms with E-state index in [1.54, 1.807) is 0 Å². The van der Waals surface area contributed by atoms with Crippen molar-refractivity contribution in [3.63, 3.8) is 0 Å². The van der Waals surface area contributed by atoms with Crippen LogP contribution in [-0.4, -0.2) is 54.7 Å². The highest BCUT2D eigenvalue weighted by Gasteiger charge is 2.47. The van der Waals surface area contributed by atoms with Crippen LogP contribution in [-0.2, 0) is 14.3 Å². The van der Waals surface area contributed by atoms with Crippen LogP contribution in [0.25, 0.3) is 0 Å². The van der Waals surface area contributed by atoms with Crippen molar-refractivity contribution in [1.29, 1.82) is 0 Å². The van der Waals surface area contributed by atoms with Gasteiger partial charge in [-0.3, -0.25) is 9.59 Å². The second-order valence-corrected chi connectivity index (χ2v) is 5.22. The maximum atomic E-state index is 12.4. The molecule has 0 aliphatic carbocycles. The highest BCUT2D eigenvalue weighted by Crippen LogP contribution is 2.25. The molecule has 1 saturated heterocycles. The average molecular weight is 310 g/mol. The number of carbonyl (C=O) groups is 2. The molecular weight excluding hydrogens is 289 g/mol. The molecular formula is C13H21F3N2O3. The molecule has 2 amide bonds. The van der Waals surface area contributed by atoms with Crippen LogP contribution in [0.4, 0.5) is 13.2 Å². The number of halogens is 3. The van der Waals surface area contributed by atoms with Gasteiger partial charge in [0.1, 0.15) is 6.04 Å². The lowest BCUT2D eigenvalue weighted by Crippen LogP contribution is -2.50. The second kappa shape index (κ2) is 7.63. The average Bonchev–Trinajstić information content (AvgIpc) is 2.84. The highest BCUT2D eigenvalue weighted by molar-refractivity contribution is 5.90. The Morgan fingerprint density at radius 3 is 2.62 bits per heavy atom. The summed E-state index contributed by atoms with van der Waals surface area (Å²) in [6, 6.07) is -1.02. The lowest BCUT2D eigenvalue weighted by Gasteiger charge is -2.24. The smallest absolute Gasteiger partial charge is 0.379 e. The van der Waals surface area contributed by atoms with E-state index in [4.69, 9.17) is 4.74 Å². The Bertz CT molecular complexity index is 372. The summed E-state index contributed by atoms with van der Waals surface area (Å²) in [5.41, 5.74) is 0. The number of rotatable bonds is 6. The normalized spacial score (nSPS) is 19.1. The topological polar surface area (TPSA) is 58.6 Å². The first-order chi connectivity index (χ1) is 9.73.